The van der Waals surface area contributed by atoms with Crippen molar-refractivity contribution >= 4 is 6.09 Å². The normalized spacial score (nSPS) is 13.0. The number of ether oxygens (including phenoxy) is 1. The van der Waals surface area contributed by atoms with Gasteiger partial charge in [0.05, 0.1) is 7.11 Å². The minimum absolute atomic E-state index is 0.0805. The largest absolute Gasteiger partial charge is 0.453 e. The van der Waals surface area contributed by atoms with Crippen molar-refractivity contribution in [1.29, 1.82) is 0 Å². The molecule has 0 radical (unpaired) electrons. The Hall–Kier alpha value is -1.71. The van der Waals surface area contributed by atoms with Crippen LogP contribution in [0.3, 0.4) is 0 Å². The lowest BCUT2D eigenvalue weighted by molar-refractivity contribution is 0.166. The topological polar surface area (TPSA) is 41.6 Å². The Morgan fingerprint density at radius 1 is 1.38 bits per heavy atom. The lowest BCUT2D eigenvalue weighted by Crippen LogP contribution is -2.36. The SMILES string of the molecule is C=C/C=C(\C=C/CC)N(CCC)CCC(C)NC(=O)OC. The first-order valence-electron chi connectivity index (χ1n) is 7.67. The molecule has 0 heterocycles. The predicted octanol–water partition coefficient (Wildman–Crippen LogP) is 3.87. The Labute approximate surface area is 129 Å². The van der Waals surface area contributed by atoms with E-state index >= 15 is 0 Å². The summed E-state index contributed by atoms with van der Waals surface area (Å²) in [6.45, 7) is 11.9. The van der Waals surface area contributed by atoms with Crippen LogP contribution >= 0.6 is 0 Å². The average Bonchev–Trinajstić information content (AvgIpc) is 2.47. The van der Waals surface area contributed by atoms with Crippen LogP contribution in [0.15, 0.2) is 36.6 Å². The maximum Gasteiger partial charge on any atom is 0.407 e. The van der Waals surface area contributed by atoms with Crippen LogP contribution < -0.4 is 5.32 Å². The summed E-state index contributed by atoms with van der Waals surface area (Å²) in [5.41, 5.74) is 1.17. The van der Waals surface area contributed by atoms with E-state index in [2.05, 4.69) is 47.5 Å². The summed E-state index contributed by atoms with van der Waals surface area (Å²) in [6, 6.07) is 0.0805. The fourth-order valence-corrected chi connectivity index (χ4v) is 1.95. The molecule has 0 spiro atoms. The van der Waals surface area contributed by atoms with Crippen molar-refractivity contribution in [2.75, 3.05) is 20.2 Å². The van der Waals surface area contributed by atoms with Gasteiger partial charge in [-0.1, -0.05) is 32.6 Å². The van der Waals surface area contributed by atoms with Crippen LogP contribution in [0.1, 0.15) is 40.0 Å². The standard InChI is InChI=1S/C17H30N2O2/c1-6-9-11-16(10-7-2)19(13-8-3)14-12-15(4)18-17(20)21-5/h7,9-11,15H,2,6,8,12-14H2,1,3-5H3,(H,18,20)/b11-9-,16-10+. The molecule has 0 saturated heterocycles. The molecule has 1 atom stereocenters. The highest BCUT2D eigenvalue weighted by Gasteiger charge is 2.11. The number of carbonyl (C=O) groups excluding carboxylic acids is 1. The highest BCUT2D eigenvalue weighted by atomic mass is 16.5. The third-order valence-corrected chi connectivity index (χ3v) is 3.05. The lowest BCUT2D eigenvalue weighted by atomic mass is 10.2. The summed E-state index contributed by atoms with van der Waals surface area (Å²) in [6.07, 6.45) is 10.7. The van der Waals surface area contributed by atoms with E-state index < -0.39 is 0 Å². The zero-order chi connectivity index (χ0) is 16.1. The van der Waals surface area contributed by atoms with E-state index in [0.29, 0.717) is 0 Å². The number of allylic oxidation sites excluding steroid dienone is 4. The lowest BCUT2D eigenvalue weighted by Gasteiger charge is -2.27. The molecule has 120 valence electrons. The first-order chi connectivity index (χ1) is 10.1. The van der Waals surface area contributed by atoms with Gasteiger partial charge in [0.2, 0.25) is 0 Å². The molecule has 1 amide bonds. The van der Waals surface area contributed by atoms with Crippen LogP contribution in [0.5, 0.6) is 0 Å². The fraction of sp³-hybridized carbons (Fsp3) is 0.588. The quantitative estimate of drug-likeness (QED) is 0.622. The van der Waals surface area contributed by atoms with Gasteiger partial charge in [-0.2, -0.15) is 0 Å². The third kappa shape index (κ3) is 8.95. The number of amides is 1. The van der Waals surface area contributed by atoms with Crippen molar-refractivity contribution in [3.05, 3.63) is 36.6 Å². The molecule has 0 fully saturated rings. The monoisotopic (exact) mass is 294 g/mol. The Morgan fingerprint density at radius 2 is 2.10 bits per heavy atom. The van der Waals surface area contributed by atoms with E-state index in [1.807, 2.05) is 19.1 Å². The number of hydrogen-bond donors (Lipinski definition) is 1. The number of nitrogens with one attached hydrogen (secondary N) is 1. The van der Waals surface area contributed by atoms with E-state index in [1.54, 1.807) is 0 Å². The number of methoxy groups -OCH3 is 1. The summed E-state index contributed by atoms with van der Waals surface area (Å²) in [4.78, 5) is 13.5. The van der Waals surface area contributed by atoms with Gasteiger partial charge >= 0.3 is 6.09 Å². The summed E-state index contributed by atoms with van der Waals surface area (Å²) < 4.78 is 4.61. The summed E-state index contributed by atoms with van der Waals surface area (Å²) in [7, 11) is 1.38. The van der Waals surface area contributed by atoms with E-state index in [0.717, 1.165) is 32.4 Å². The van der Waals surface area contributed by atoms with Crippen LogP contribution in [0, 0.1) is 0 Å². The number of alkyl carbamates (subject to hydrolysis) is 1. The van der Waals surface area contributed by atoms with E-state index in [-0.39, 0.29) is 12.1 Å². The molecule has 4 heteroatoms. The van der Waals surface area contributed by atoms with Gasteiger partial charge in [-0.05, 0) is 38.3 Å². The molecule has 0 aliphatic carbocycles. The van der Waals surface area contributed by atoms with Crippen LogP contribution in [0.4, 0.5) is 4.79 Å². The van der Waals surface area contributed by atoms with Crippen molar-refractivity contribution in [2.24, 2.45) is 0 Å². The maximum absolute atomic E-state index is 11.2. The fourth-order valence-electron chi connectivity index (χ4n) is 1.95. The molecule has 0 aromatic carbocycles. The molecular formula is C17H30N2O2. The van der Waals surface area contributed by atoms with Crippen LogP contribution in [0.25, 0.3) is 0 Å². The molecule has 0 bridgehead atoms. The molecular weight excluding hydrogens is 264 g/mol. The van der Waals surface area contributed by atoms with Crippen molar-refractivity contribution in [1.82, 2.24) is 10.2 Å². The Bertz CT molecular complexity index is 362. The summed E-state index contributed by atoms with van der Waals surface area (Å²) in [5.74, 6) is 0. The van der Waals surface area contributed by atoms with E-state index in [1.165, 1.54) is 12.8 Å². The van der Waals surface area contributed by atoms with Crippen LogP contribution in [0.2, 0.25) is 0 Å². The predicted molar refractivity (Wildman–Crippen MR) is 89.2 cm³/mol. The van der Waals surface area contributed by atoms with E-state index in [4.69, 9.17) is 0 Å². The second kappa shape index (κ2) is 12.1. The molecule has 1 unspecified atom stereocenters. The molecule has 0 aromatic rings. The van der Waals surface area contributed by atoms with Gasteiger partial charge in [0.25, 0.3) is 0 Å². The highest BCUT2D eigenvalue weighted by molar-refractivity contribution is 5.67. The number of hydrogen-bond acceptors (Lipinski definition) is 3. The third-order valence-electron chi connectivity index (χ3n) is 3.05. The summed E-state index contributed by atoms with van der Waals surface area (Å²) in [5, 5.41) is 2.80. The van der Waals surface area contributed by atoms with Gasteiger partial charge in [-0.3, -0.25) is 0 Å². The van der Waals surface area contributed by atoms with Gasteiger partial charge in [-0.15, -0.1) is 0 Å². The van der Waals surface area contributed by atoms with Gasteiger partial charge in [-0.25, -0.2) is 4.79 Å². The second-order valence-electron chi connectivity index (χ2n) is 4.95. The van der Waals surface area contributed by atoms with Crippen LogP contribution in [-0.2, 0) is 4.74 Å². The molecule has 0 aliphatic heterocycles. The van der Waals surface area contributed by atoms with Gasteiger partial charge in [0.1, 0.15) is 0 Å². The zero-order valence-corrected chi connectivity index (χ0v) is 13.9. The van der Waals surface area contributed by atoms with Gasteiger partial charge < -0.3 is 15.0 Å². The molecule has 21 heavy (non-hydrogen) atoms. The Balaban J connectivity index is 4.65. The smallest absolute Gasteiger partial charge is 0.407 e. The van der Waals surface area contributed by atoms with E-state index in [9.17, 15) is 4.79 Å². The first-order valence-corrected chi connectivity index (χ1v) is 7.67. The second-order valence-corrected chi connectivity index (χ2v) is 4.95. The number of rotatable bonds is 10. The minimum Gasteiger partial charge on any atom is -0.453 e. The van der Waals surface area contributed by atoms with Gasteiger partial charge in [0.15, 0.2) is 0 Å². The minimum atomic E-state index is -0.378. The van der Waals surface area contributed by atoms with Crippen LogP contribution in [-0.4, -0.2) is 37.2 Å². The Kier molecular flexibility index (Phi) is 11.1. The average molecular weight is 294 g/mol. The highest BCUT2D eigenvalue weighted by Crippen LogP contribution is 2.10. The molecule has 1 N–H and O–H groups in total. The van der Waals surface area contributed by atoms with Gasteiger partial charge in [0, 0.05) is 24.8 Å². The van der Waals surface area contributed by atoms with Crippen molar-refractivity contribution in [3.63, 3.8) is 0 Å². The molecule has 0 saturated carbocycles. The summed E-state index contributed by atoms with van der Waals surface area (Å²) >= 11 is 0. The Morgan fingerprint density at radius 3 is 2.62 bits per heavy atom. The molecule has 4 nitrogen and oxygen atoms in total. The number of carbonyl (C=O) groups is 1. The molecule has 0 aliphatic rings. The molecule has 0 aromatic heterocycles. The maximum atomic E-state index is 11.2. The number of nitrogens with zero attached hydrogens (tertiary/aromatic N) is 1. The molecule has 0 rings (SSSR count). The van der Waals surface area contributed by atoms with Crippen molar-refractivity contribution in [2.45, 2.75) is 46.1 Å². The van der Waals surface area contributed by atoms with Crippen molar-refractivity contribution in [3.8, 4) is 0 Å². The zero-order valence-electron chi connectivity index (χ0n) is 13.9. The first kappa shape index (κ1) is 19.3. The van der Waals surface area contributed by atoms with Crippen molar-refractivity contribution < 1.29 is 9.53 Å².